The lowest BCUT2D eigenvalue weighted by Gasteiger charge is -2.36. The Morgan fingerprint density at radius 1 is 1.28 bits per heavy atom. The van der Waals surface area contributed by atoms with Gasteiger partial charge in [-0.05, 0) is 38.5 Å². The van der Waals surface area contributed by atoms with E-state index in [-0.39, 0.29) is 30.1 Å². The molecule has 0 aliphatic carbocycles. The first-order valence-electron chi connectivity index (χ1n) is 10.0. The molecule has 1 unspecified atom stereocenters. The van der Waals surface area contributed by atoms with Crippen LogP contribution in [0.2, 0.25) is 0 Å². The fraction of sp³-hybridized carbons (Fsp3) is 0.524. The summed E-state index contributed by atoms with van der Waals surface area (Å²) in [5.74, 6) is 1.86. The Hall–Kier alpha value is -1.81. The van der Waals surface area contributed by atoms with E-state index in [9.17, 15) is 0 Å². The van der Waals surface area contributed by atoms with Gasteiger partial charge < -0.3 is 19.5 Å². The number of guanidine groups is 1. The number of rotatable bonds is 7. The summed E-state index contributed by atoms with van der Waals surface area (Å²) in [4.78, 5) is 9.53. The van der Waals surface area contributed by atoms with Crippen LogP contribution in [0.15, 0.2) is 46.1 Å². The number of nitrogens with one attached hydrogen (secondary N) is 1. The maximum Gasteiger partial charge on any atom is 0.194 e. The van der Waals surface area contributed by atoms with Crippen molar-refractivity contribution in [2.24, 2.45) is 4.99 Å². The van der Waals surface area contributed by atoms with Crippen LogP contribution in [0.5, 0.6) is 5.75 Å². The predicted molar refractivity (Wildman–Crippen MR) is 126 cm³/mol. The molecule has 1 N–H and O–H groups in total. The third-order valence-electron chi connectivity index (χ3n) is 4.71. The van der Waals surface area contributed by atoms with Crippen molar-refractivity contribution in [2.45, 2.75) is 33.4 Å². The van der Waals surface area contributed by atoms with E-state index in [2.05, 4.69) is 53.2 Å². The van der Waals surface area contributed by atoms with Gasteiger partial charge in [0.25, 0.3) is 0 Å². The first-order valence-corrected chi connectivity index (χ1v) is 10.0. The third-order valence-corrected chi connectivity index (χ3v) is 4.71. The number of aromatic nitrogens is 1. The van der Waals surface area contributed by atoms with Crippen molar-refractivity contribution >= 4 is 29.9 Å². The maximum absolute atomic E-state index is 6.01. The van der Waals surface area contributed by atoms with Crippen LogP contribution in [-0.4, -0.2) is 66.3 Å². The lowest BCUT2D eigenvalue weighted by molar-refractivity contribution is 0.168. The van der Waals surface area contributed by atoms with Gasteiger partial charge in [-0.2, -0.15) is 0 Å². The zero-order valence-corrected chi connectivity index (χ0v) is 19.8. The Morgan fingerprint density at radius 2 is 2.07 bits per heavy atom. The van der Waals surface area contributed by atoms with Crippen LogP contribution in [0, 0.1) is 6.92 Å². The minimum Gasteiger partial charge on any atom is -0.489 e. The number of aliphatic imine (C=N–C) groups is 1. The van der Waals surface area contributed by atoms with Gasteiger partial charge in [0.2, 0.25) is 0 Å². The molecular weight excluding hydrogens is 481 g/mol. The number of hydrogen-bond acceptors (Lipinski definition) is 5. The molecule has 8 heteroatoms. The maximum atomic E-state index is 6.01. The van der Waals surface area contributed by atoms with E-state index in [1.165, 1.54) is 5.56 Å². The highest BCUT2D eigenvalue weighted by atomic mass is 127. The Balaban J connectivity index is 0.00000300. The summed E-state index contributed by atoms with van der Waals surface area (Å²) in [6.45, 7) is 12.4. The summed E-state index contributed by atoms with van der Waals surface area (Å²) >= 11 is 0. The van der Waals surface area contributed by atoms with Gasteiger partial charge in [-0.25, -0.2) is 4.99 Å². The van der Waals surface area contributed by atoms with Gasteiger partial charge in [-0.1, -0.05) is 17.3 Å². The average molecular weight is 513 g/mol. The van der Waals surface area contributed by atoms with E-state index in [4.69, 9.17) is 14.3 Å². The molecule has 1 fully saturated rings. The molecule has 160 valence electrons. The van der Waals surface area contributed by atoms with Gasteiger partial charge >= 0.3 is 0 Å². The van der Waals surface area contributed by atoms with Gasteiger partial charge in [0, 0.05) is 45.3 Å². The number of piperazine rings is 1. The van der Waals surface area contributed by atoms with Crippen molar-refractivity contribution in [3.05, 3.63) is 47.9 Å². The standard InChI is InChI=1S/C21H31N5O2.HI/c1-4-22-21(23-15-18(3)28-20-7-5-6-17(2)14-20)26-11-9-25(10-12-26)16-19-8-13-27-24-19;/h5-8,13-14,18H,4,9-12,15-16H2,1-3H3,(H,22,23);1H. The normalized spacial score (nSPS) is 16.2. The highest BCUT2D eigenvalue weighted by Crippen LogP contribution is 2.14. The van der Waals surface area contributed by atoms with E-state index >= 15 is 0 Å². The molecule has 1 aliphatic heterocycles. The van der Waals surface area contributed by atoms with Crippen LogP contribution >= 0.6 is 24.0 Å². The molecule has 3 rings (SSSR count). The van der Waals surface area contributed by atoms with E-state index in [1.54, 1.807) is 6.26 Å². The molecule has 0 radical (unpaired) electrons. The lowest BCUT2D eigenvalue weighted by Crippen LogP contribution is -2.52. The highest BCUT2D eigenvalue weighted by molar-refractivity contribution is 14.0. The van der Waals surface area contributed by atoms with E-state index in [0.29, 0.717) is 6.54 Å². The molecule has 1 aromatic carbocycles. The summed E-state index contributed by atoms with van der Waals surface area (Å²) in [7, 11) is 0. The first kappa shape index (κ1) is 23.5. The molecular formula is C21H32IN5O2. The van der Waals surface area contributed by atoms with Gasteiger partial charge in [0.1, 0.15) is 18.1 Å². The highest BCUT2D eigenvalue weighted by Gasteiger charge is 2.20. The van der Waals surface area contributed by atoms with Crippen molar-refractivity contribution in [1.29, 1.82) is 0 Å². The zero-order chi connectivity index (χ0) is 19.8. The molecule has 2 heterocycles. The topological polar surface area (TPSA) is 66.1 Å². The molecule has 0 amide bonds. The van der Waals surface area contributed by atoms with E-state index in [1.807, 2.05) is 18.2 Å². The smallest absolute Gasteiger partial charge is 0.194 e. The monoisotopic (exact) mass is 513 g/mol. The number of benzene rings is 1. The summed E-state index contributed by atoms with van der Waals surface area (Å²) in [5, 5.41) is 7.42. The molecule has 1 aliphatic rings. The predicted octanol–water partition coefficient (Wildman–Crippen LogP) is 3.15. The average Bonchev–Trinajstić information content (AvgIpc) is 3.19. The molecule has 1 saturated heterocycles. The SMILES string of the molecule is CCNC(=NCC(C)Oc1cccc(C)c1)N1CCN(Cc2ccon2)CC1.I. The van der Waals surface area contributed by atoms with Crippen LogP contribution in [0.3, 0.4) is 0 Å². The second kappa shape index (κ2) is 12.0. The fourth-order valence-electron chi connectivity index (χ4n) is 3.27. The molecule has 1 atom stereocenters. The van der Waals surface area contributed by atoms with Crippen LogP contribution in [0.25, 0.3) is 0 Å². The van der Waals surface area contributed by atoms with Gasteiger partial charge in [0.05, 0.1) is 12.2 Å². The minimum atomic E-state index is 0. The number of nitrogens with zero attached hydrogens (tertiary/aromatic N) is 4. The van der Waals surface area contributed by atoms with Crippen molar-refractivity contribution in [2.75, 3.05) is 39.3 Å². The van der Waals surface area contributed by atoms with Gasteiger partial charge in [-0.3, -0.25) is 4.90 Å². The molecule has 0 spiro atoms. The van der Waals surface area contributed by atoms with E-state index in [0.717, 1.165) is 56.7 Å². The van der Waals surface area contributed by atoms with Crippen LogP contribution in [-0.2, 0) is 6.54 Å². The number of aryl methyl sites for hydroxylation is 1. The van der Waals surface area contributed by atoms with Crippen molar-refractivity contribution in [3.63, 3.8) is 0 Å². The van der Waals surface area contributed by atoms with Crippen molar-refractivity contribution < 1.29 is 9.26 Å². The molecule has 1 aromatic heterocycles. The van der Waals surface area contributed by atoms with E-state index < -0.39 is 0 Å². The molecule has 0 saturated carbocycles. The molecule has 0 bridgehead atoms. The molecule has 7 nitrogen and oxygen atoms in total. The number of hydrogen-bond donors (Lipinski definition) is 1. The van der Waals surface area contributed by atoms with Crippen LogP contribution < -0.4 is 10.1 Å². The third kappa shape index (κ3) is 7.50. The van der Waals surface area contributed by atoms with Gasteiger partial charge in [0.15, 0.2) is 5.96 Å². The lowest BCUT2D eigenvalue weighted by atomic mass is 10.2. The first-order chi connectivity index (χ1) is 13.6. The summed E-state index contributed by atoms with van der Waals surface area (Å²) in [5.41, 5.74) is 2.18. The Kier molecular flexibility index (Phi) is 9.72. The zero-order valence-electron chi connectivity index (χ0n) is 17.5. The van der Waals surface area contributed by atoms with Gasteiger partial charge in [-0.15, -0.1) is 24.0 Å². The number of ether oxygens (including phenoxy) is 1. The quantitative estimate of drug-likeness (QED) is 0.349. The second-order valence-electron chi connectivity index (χ2n) is 7.19. The van der Waals surface area contributed by atoms with Crippen LogP contribution in [0.4, 0.5) is 0 Å². The molecule has 2 aromatic rings. The Morgan fingerprint density at radius 3 is 2.72 bits per heavy atom. The summed E-state index contributed by atoms with van der Waals surface area (Å²) in [6, 6.07) is 10.1. The molecule has 29 heavy (non-hydrogen) atoms. The number of halogens is 1. The van der Waals surface area contributed by atoms with Crippen molar-refractivity contribution in [1.82, 2.24) is 20.3 Å². The second-order valence-corrected chi connectivity index (χ2v) is 7.19. The minimum absolute atomic E-state index is 0. The Labute approximate surface area is 190 Å². The van der Waals surface area contributed by atoms with Crippen molar-refractivity contribution in [3.8, 4) is 5.75 Å². The largest absolute Gasteiger partial charge is 0.489 e. The van der Waals surface area contributed by atoms with Crippen LogP contribution in [0.1, 0.15) is 25.1 Å². The summed E-state index contributed by atoms with van der Waals surface area (Å²) in [6.07, 6.45) is 1.64. The summed E-state index contributed by atoms with van der Waals surface area (Å²) < 4.78 is 10.9. The Bertz CT molecular complexity index is 745. The fourth-order valence-corrected chi connectivity index (χ4v) is 3.27.